The second-order valence-corrected chi connectivity index (χ2v) is 12.4. The molecule has 2 amide bonds. The van der Waals surface area contributed by atoms with Crippen molar-refractivity contribution in [1.29, 1.82) is 0 Å². The van der Waals surface area contributed by atoms with E-state index in [1.165, 1.54) is 12.2 Å². The lowest BCUT2D eigenvalue weighted by Crippen LogP contribution is -2.64. The number of nitrogens with zero attached hydrogens (tertiary/aromatic N) is 2. The Balaban J connectivity index is 2.26. The monoisotopic (exact) mass is 446 g/mol. The van der Waals surface area contributed by atoms with Crippen molar-refractivity contribution in [2.24, 2.45) is 0 Å². The fourth-order valence-electron chi connectivity index (χ4n) is 6.37. The van der Waals surface area contributed by atoms with Crippen LogP contribution in [0.3, 0.4) is 0 Å². The van der Waals surface area contributed by atoms with Gasteiger partial charge in [-0.25, -0.2) is 0 Å². The first kappa shape index (κ1) is 26.6. The quantitative estimate of drug-likeness (QED) is 0.586. The van der Waals surface area contributed by atoms with Gasteiger partial charge in [0, 0.05) is 47.3 Å². The zero-order valence-corrected chi connectivity index (χ0v) is 21.7. The minimum absolute atomic E-state index is 0.0690. The molecule has 0 spiro atoms. The van der Waals surface area contributed by atoms with Crippen LogP contribution in [0.25, 0.3) is 0 Å². The Bertz CT molecular complexity index is 644. The van der Waals surface area contributed by atoms with E-state index in [0.29, 0.717) is 13.1 Å². The summed E-state index contributed by atoms with van der Waals surface area (Å²) in [5.74, 6) is -0.138. The second kappa shape index (κ2) is 9.30. The molecular weight excluding hydrogens is 400 g/mol. The van der Waals surface area contributed by atoms with Crippen LogP contribution in [0.5, 0.6) is 0 Å². The SMILES string of the molecule is C=CC(=O)N(CCN(C(=O)C=C)C1CC(C)(C)NC(C)(C)C1)C1CC(C)(C)NC(C)(C)C1. The molecule has 2 heterocycles. The van der Waals surface area contributed by atoms with Gasteiger partial charge in [0.15, 0.2) is 0 Å². The molecule has 2 N–H and O–H groups in total. The second-order valence-electron chi connectivity index (χ2n) is 12.4. The molecule has 182 valence electrons. The van der Waals surface area contributed by atoms with Crippen molar-refractivity contribution in [2.45, 2.75) is 115 Å². The zero-order chi connectivity index (χ0) is 24.5. The van der Waals surface area contributed by atoms with Gasteiger partial charge in [0.1, 0.15) is 0 Å². The summed E-state index contributed by atoms with van der Waals surface area (Å²) in [6.45, 7) is 25.9. The molecule has 0 unspecified atom stereocenters. The molecule has 2 fully saturated rings. The molecule has 0 aromatic carbocycles. The van der Waals surface area contributed by atoms with Crippen molar-refractivity contribution >= 4 is 11.8 Å². The first-order chi connectivity index (χ1) is 14.5. The topological polar surface area (TPSA) is 64.7 Å². The standard InChI is InChI=1S/C26H46N4O2/c1-11-21(31)29(19-15-23(3,4)27-24(5,6)16-19)13-14-30(22(32)12-2)20-17-25(7,8)28-26(9,10)18-20/h11-12,19-20,27-28H,1-2,13-18H2,3-10H3. The van der Waals surface area contributed by atoms with Gasteiger partial charge >= 0.3 is 0 Å². The van der Waals surface area contributed by atoms with Crippen molar-refractivity contribution in [1.82, 2.24) is 20.4 Å². The summed E-state index contributed by atoms with van der Waals surface area (Å²) in [7, 11) is 0. The lowest BCUT2D eigenvalue weighted by atomic mass is 9.78. The third-order valence-electron chi connectivity index (χ3n) is 6.72. The van der Waals surface area contributed by atoms with E-state index in [4.69, 9.17) is 0 Å². The summed E-state index contributed by atoms with van der Waals surface area (Å²) in [6.07, 6.45) is 6.24. The van der Waals surface area contributed by atoms with Gasteiger partial charge in [0.2, 0.25) is 11.8 Å². The van der Waals surface area contributed by atoms with Crippen LogP contribution in [0.2, 0.25) is 0 Å². The molecular formula is C26H46N4O2. The van der Waals surface area contributed by atoms with Gasteiger partial charge in [-0.05, 0) is 93.2 Å². The maximum Gasteiger partial charge on any atom is 0.246 e. The number of rotatable bonds is 7. The molecule has 0 atom stereocenters. The number of nitrogens with one attached hydrogen (secondary N) is 2. The van der Waals surface area contributed by atoms with Gasteiger partial charge in [0.05, 0.1) is 0 Å². The molecule has 0 aliphatic carbocycles. The molecule has 2 saturated heterocycles. The summed E-state index contributed by atoms with van der Waals surface area (Å²) in [5.41, 5.74) is -0.310. The molecule has 0 aromatic heterocycles. The van der Waals surface area contributed by atoms with Gasteiger partial charge in [-0.1, -0.05) is 13.2 Å². The molecule has 2 rings (SSSR count). The Labute approximate surface area is 195 Å². The van der Waals surface area contributed by atoms with Gasteiger partial charge in [-0.3, -0.25) is 9.59 Å². The van der Waals surface area contributed by atoms with Crippen molar-refractivity contribution in [3.05, 3.63) is 25.3 Å². The van der Waals surface area contributed by atoms with Crippen molar-refractivity contribution in [3.8, 4) is 0 Å². The van der Waals surface area contributed by atoms with E-state index >= 15 is 0 Å². The molecule has 0 aromatic rings. The van der Waals surface area contributed by atoms with Crippen LogP contribution in [-0.2, 0) is 9.59 Å². The third kappa shape index (κ3) is 6.92. The number of carbonyl (C=O) groups excluding carboxylic acids is 2. The lowest BCUT2D eigenvalue weighted by Gasteiger charge is -2.51. The molecule has 0 bridgehead atoms. The minimum Gasteiger partial charge on any atom is -0.334 e. The predicted molar refractivity (Wildman–Crippen MR) is 132 cm³/mol. The highest BCUT2D eigenvalue weighted by Crippen LogP contribution is 2.33. The van der Waals surface area contributed by atoms with Crippen LogP contribution in [0.4, 0.5) is 0 Å². The molecule has 32 heavy (non-hydrogen) atoms. The van der Waals surface area contributed by atoms with E-state index in [-0.39, 0.29) is 46.1 Å². The van der Waals surface area contributed by atoms with Crippen LogP contribution >= 0.6 is 0 Å². The van der Waals surface area contributed by atoms with E-state index < -0.39 is 0 Å². The van der Waals surface area contributed by atoms with Crippen molar-refractivity contribution in [2.75, 3.05) is 13.1 Å². The summed E-state index contributed by atoms with van der Waals surface area (Å²) in [4.78, 5) is 29.7. The van der Waals surface area contributed by atoms with Crippen LogP contribution in [-0.4, -0.2) is 68.9 Å². The van der Waals surface area contributed by atoms with Crippen LogP contribution in [0.15, 0.2) is 25.3 Å². The Morgan fingerprint density at radius 2 is 0.938 bits per heavy atom. The maximum atomic E-state index is 12.9. The Hall–Kier alpha value is -1.66. The highest BCUT2D eigenvalue weighted by molar-refractivity contribution is 5.88. The highest BCUT2D eigenvalue weighted by Gasteiger charge is 2.43. The van der Waals surface area contributed by atoms with E-state index in [9.17, 15) is 9.59 Å². The number of piperidine rings is 2. The van der Waals surface area contributed by atoms with Crippen LogP contribution in [0.1, 0.15) is 81.1 Å². The normalized spacial score (nSPS) is 24.4. The Kier molecular flexibility index (Phi) is 7.73. The fourth-order valence-corrected chi connectivity index (χ4v) is 6.37. The van der Waals surface area contributed by atoms with E-state index in [0.717, 1.165) is 25.7 Å². The summed E-state index contributed by atoms with van der Waals surface area (Å²) >= 11 is 0. The molecule has 0 saturated carbocycles. The number of hydrogen-bond acceptors (Lipinski definition) is 4. The minimum atomic E-state index is -0.0776. The van der Waals surface area contributed by atoms with E-state index in [2.05, 4.69) is 79.2 Å². The molecule has 6 heteroatoms. The summed E-state index contributed by atoms with van der Waals surface area (Å²) in [5, 5.41) is 7.37. The molecule has 2 aliphatic heterocycles. The Morgan fingerprint density at radius 3 is 1.16 bits per heavy atom. The number of carbonyl (C=O) groups is 2. The summed E-state index contributed by atoms with van der Waals surface area (Å²) < 4.78 is 0. The molecule has 6 nitrogen and oxygen atoms in total. The van der Waals surface area contributed by atoms with E-state index in [1.54, 1.807) is 0 Å². The smallest absolute Gasteiger partial charge is 0.246 e. The first-order valence-electron chi connectivity index (χ1n) is 11.9. The third-order valence-corrected chi connectivity index (χ3v) is 6.72. The van der Waals surface area contributed by atoms with Gasteiger partial charge in [0.25, 0.3) is 0 Å². The zero-order valence-electron chi connectivity index (χ0n) is 21.7. The van der Waals surface area contributed by atoms with Crippen molar-refractivity contribution in [3.63, 3.8) is 0 Å². The number of hydrogen-bond donors (Lipinski definition) is 2. The fraction of sp³-hybridized carbons (Fsp3) is 0.769. The average Bonchev–Trinajstić information content (AvgIpc) is 2.58. The van der Waals surface area contributed by atoms with E-state index in [1.807, 2.05) is 9.80 Å². The number of amides is 2. The van der Waals surface area contributed by atoms with Crippen molar-refractivity contribution < 1.29 is 9.59 Å². The highest BCUT2D eigenvalue weighted by atomic mass is 16.2. The average molecular weight is 447 g/mol. The molecule has 2 aliphatic rings. The van der Waals surface area contributed by atoms with Gasteiger partial charge in [-0.15, -0.1) is 0 Å². The maximum absolute atomic E-state index is 12.9. The first-order valence-corrected chi connectivity index (χ1v) is 11.9. The van der Waals surface area contributed by atoms with Crippen LogP contribution < -0.4 is 10.6 Å². The largest absolute Gasteiger partial charge is 0.334 e. The Morgan fingerprint density at radius 1 is 0.688 bits per heavy atom. The summed E-state index contributed by atoms with van der Waals surface area (Å²) in [6, 6.07) is 0.182. The molecule has 0 radical (unpaired) electrons. The lowest BCUT2D eigenvalue weighted by molar-refractivity contribution is -0.135. The van der Waals surface area contributed by atoms with Gasteiger partial charge in [-0.2, -0.15) is 0 Å². The van der Waals surface area contributed by atoms with Crippen LogP contribution in [0, 0.1) is 0 Å². The predicted octanol–water partition coefficient (Wildman–Crippen LogP) is 3.63. The van der Waals surface area contributed by atoms with Gasteiger partial charge < -0.3 is 20.4 Å².